The number of alkyl halides is 1. The highest BCUT2D eigenvalue weighted by molar-refractivity contribution is 6.18. The number of aromatic nitrogens is 2. The Bertz CT molecular complexity index is 454. The zero-order valence-corrected chi connectivity index (χ0v) is 12.1. The van der Waals surface area contributed by atoms with E-state index in [0.717, 1.165) is 45.7 Å². The molecule has 1 fully saturated rings. The summed E-state index contributed by atoms with van der Waals surface area (Å²) in [7, 11) is 0. The molecule has 0 amide bonds. The van der Waals surface area contributed by atoms with E-state index in [9.17, 15) is 4.79 Å². The molecular formula is C13H21ClN4O. The molecule has 0 aliphatic carbocycles. The molecule has 0 radical (unpaired) electrons. The molecule has 2 heterocycles. The minimum Gasteiger partial charge on any atom is -0.349 e. The second kappa shape index (κ2) is 6.91. The molecule has 0 unspecified atom stereocenters. The fraction of sp³-hybridized carbons (Fsp3) is 0.692. The van der Waals surface area contributed by atoms with Crippen molar-refractivity contribution in [1.82, 2.24) is 14.5 Å². The van der Waals surface area contributed by atoms with Crippen molar-refractivity contribution in [3.8, 4) is 0 Å². The van der Waals surface area contributed by atoms with Crippen molar-refractivity contribution in [3.63, 3.8) is 0 Å². The Balaban J connectivity index is 2.07. The Labute approximate surface area is 118 Å². The molecule has 1 aromatic heterocycles. The first kappa shape index (κ1) is 14.3. The summed E-state index contributed by atoms with van der Waals surface area (Å²) in [6, 6.07) is 0. The molecule has 106 valence electrons. The van der Waals surface area contributed by atoms with E-state index in [1.54, 1.807) is 17.0 Å². The molecule has 0 N–H and O–H groups in total. The van der Waals surface area contributed by atoms with Crippen molar-refractivity contribution in [2.45, 2.75) is 19.9 Å². The molecule has 1 aliphatic rings. The highest BCUT2D eigenvalue weighted by Gasteiger charge is 2.20. The van der Waals surface area contributed by atoms with Crippen LogP contribution in [-0.2, 0) is 6.54 Å². The second-order valence-electron chi connectivity index (χ2n) is 4.77. The summed E-state index contributed by atoms with van der Waals surface area (Å²) in [5.74, 6) is 1.24. The summed E-state index contributed by atoms with van der Waals surface area (Å²) in [4.78, 5) is 21.0. The van der Waals surface area contributed by atoms with Gasteiger partial charge in [0.2, 0.25) is 0 Å². The van der Waals surface area contributed by atoms with Gasteiger partial charge in [0.05, 0.1) is 0 Å². The Morgan fingerprint density at radius 2 is 2.00 bits per heavy atom. The summed E-state index contributed by atoms with van der Waals surface area (Å²) >= 11 is 5.75. The first-order chi connectivity index (χ1) is 9.26. The van der Waals surface area contributed by atoms with E-state index >= 15 is 0 Å². The summed E-state index contributed by atoms with van der Waals surface area (Å²) in [5, 5.41) is 0. The van der Waals surface area contributed by atoms with Gasteiger partial charge in [0, 0.05) is 57.5 Å². The minimum absolute atomic E-state index is 0.0233. The maximum absolute atomic E-state index is 12.3. The molecule has 1 aliphatic heterocycles. The molecule has 0 aromatic carbocycles. The van der Waals surface area contributed by atoms with E-state index in [4.69, 9.17) is 11.6 Å². The van der Waals surface area contributed by atoms with Crippen LogP contribution in [0.1, 0.15) is 13.3 Å². The van der Waals surface area contributed by atoms with Crippen molar-refractivity contribution in [3.05, 3.63) is 22.7 Å². The van der Waals surface area contributed by atoms with Gasteiger partial charge in [-0.3, -0.25) is 9.69 Å². The van der Waals surface area contributed by atoms with Crippen LogP contribution in [0.5, 0.6) is 0 Å². The highest BCUT2D eigenvalue weighted by atomic mass is 35.5. The molecule has 0 spiro atoms. The van der Waals surface area contributed by atoms with Crippen LogP contribution in [0, 0.1) is 0 Å². The molecule has 1 aromatic rings. The monoisotopic (exact) mass is 284 g/mol. The third-order valence-corrected chi connectivity index (χ3v) is 3.60. The smallest absolute Gasteiger partial charge is 0.293 e. The number of anilines is 1. The maximum Gasteiger partial charge on any atom is 0.293 e. The highest BCUT2D eigenvalue weighted by Crippen LogP contribution is 2.08. The molecule has 19 heavy (non-hydrogen) atoms. The van der Waals surface area contributed by atoms with E-state index < -0.39 is 0 Å². The van der Waals surface area contributed by atoms with Gasteiger partial charge in [-0.2, -0.15) is 0 Å². The number of hydrogen-bond acceptors (Lipinski definition) is 4. The van der Waals surface area contributed by atoms with Crippen molar-refractivity contribution < 1.29 is 0 Å². The van der Waals surface area contributed by atoms with Crippen molar-refractivity contribution in [2.24, 2.45) is 0 Å². The maximum atomic E-state index is 12.3. The Hall–Kier alpha value is -1.07. The van der Waals surface area contributed by atoms with E-state index in [1.807, 2.05) is 0 Å². The first-order valence-corrected chi connectivity index (χ1v) is 7.38. The van der Waals surface area contributed by atoms with E-state index in [2.05, 4.69) is 21.7 Å². The third kappa shape index (κ3) is 3.48. The van der Waals surface area contributed by atoms with E-state index in [-0.39, 0.29) is 5.56 Å². The van der Waals surface area contributed by atoms with Gasteiger partial charge in [-0.05, 0) is 6.42 Å². The van der Waals surface area contributed by atoms with Crippen molar-refractivity contribution in [1.29, 1.82) is 0 Å². The van der Waals surface area contributed by atoms with Gasteiger partial charge in [0.25, 0.3) is 5.56 Å². The summed E-state index contributed by atoms with van der Waals surface area (Å²) in [6.07, 6.45) is 4.43. The normalized spacial score (nSPS) is 16.8. The van der Waals surface area contributed by atoms with Gasteiger partial charge in [0.15, 0.2) is 5.82 Å². The van der Waals surface area contributed by atoms with Gasteiger partial charge < -0.3 is 9.47 Å². The van der Waals surface area contributed by atoms with Crippen LogP contribution in [0.2, 0.25) is 0 Å². The van der Waals surface area contributed by atoms with E-state index in [1.165, 1.54) is 0 Å². The number of halogens is 1. The Morgan fingerprint density at radius 1 is 1.26 bits per heavy atom. The predicted molar refractivity (Wildman–Crippen MR) is 78.2 cm³/mol. The quantitative estimate of drug-likeness (QED) is 0.757. The average Bonchev–Trinajstić information content (AvgIpc) is 2.43. The fourth-order valence-corrected chi connectivity index (χ4v) is 2.61. The lowest BCUT2D eigenvalue weighted by atomic mass is 10.3. The van der Waals surface area contributed by atoms with Gasteiger partial charge in [-0.25, -0.2) is 4.98 Å². The zero-order valence-electron chi connectivity index (χ0n) is 11.4. The first-order valence-electron chi connectivity index (χ1n) is 6.85. The van der Waals surface area contributed by atoms with Crippen LogP contribution < -0.4 is 10.5 Å². The largest absolute Gasteiger partial charge is 0.349 e. The lowest BCUT2D eigenvalue weighted by molar-refractivity contribution is 0.271. The van der Waals surface area contributed by atoms with Crippen LogP contribution in [0.25, 0.3) is 0 Å². The van der Waals surface area contributed by atoms with Gasteiger partial charge in [-0.1, -0.05) is 6.92 Å². The summed E-state index contributed by atoms with van der Waals surface area (Å²) in [5.41, 5.74) is 0.0233. The topological polar surface area (TPSA) is 41.4 Å². The number of nitrogens with zero attached hydrogens (tertiary/aromatic N) is 4. The SMILES string of the molecule is CCCn1ccnc(N2CCN(CCCl)CC2)c1=O. The number of piperazine rings is 1. The number of hydrogen-bond donors (Lipinski definition) is 0. The average molecular weight is 285 g/mol. The van der Waals surface area contributed by atoms with Gasteiger partial charge in [0.1, 0.15) is 0 Å². The van der Waals surface area contributed by atoms with Crippen LogP contribution in [-0.4, -0.2) is 53.1 Å². The fourth-order valence-electron chi connectivity index (χ4n) is 2.37. The minimum atomic E-state index is 0.0233. The van der Waals surface area contributed by atoms with Crippen molar-refractivity contribution >= 4 is 17.4 Å². The lowest BCUT2D eigenvalue weighted by Crippen LogP contribution is -2.49. The molecule has 0 bridgehead atoms. The molecule has 0 atom stereocenters. The molecular weight excluding hydrogens is 264 g/mol. The van der Waals surface area contributed by atoms with Gasteiger partial charge in [-0.15, -0.1) is 11.6 Å². The Kier molecular flexibility index (Phi) is 5.22. The molecule has 2 rings (SSSR count). The van der Waals surface area contributed by atoms with Gasteiger partial charge >= 0.3 is 0 Å². The zero-order chi connectivity index (χ0) is 13.7. The molecule has 0 saturated carbocycles. The molecule has 5 nitrogen and oxygen atoms in total. The number of rotatable bonds is 5. The second-order valence-corrected chi connectivity index (χ2v) is 5.15. The third-order valence-electron chi connectivity index (χ3n) is 3.43. The number of aryl methyl sites for hydroxylation is 1. The predicted octanol–water partition coefficient (Wildman–Crippen LogP) is 1.01. The van der Waals surface area contributed by atoms with Crippen LogP contribution in [0.15, 0.2) is 17.2 Å². The lowest BCUT2D eigenvalue weighted by Gasteiger charge is -2.34. The van der Waals surface area contributed by atoms with E-state index in [0.29, 0.717) is 11.7 Å². The van der Waals surface area contributed by atoms with Crippen LogP contribution in [0.3, 0.4) is 0 Å². The summed E-state index contributed by atoms with van der Waals surface area (Å²) in [6.45, 7) is 7.30. The molecule has 6 heteroatoms. The summed E-state index contributed by atoms with van der Waals surface area (Å²) < 4.78 is 1.74. The molecule has 1 saturated heterocycles. The van der Waals surface area contributed by atoms with Crippen molar-refractivity contribution in [2.75, 3.05) is 43.5 Å². The Morgan fingerprint density at radius 3 is 2.63 bits per heavy atom. The standard InChI is InChI=1S/C13H21ClN4O/c1-2-5-18-7-4-15-12(13(18)19)17-10-8-16(6-3-14)9-11-17/h4,7H,2-3,5-6,8-11H2,1H3. The van der Waals surface area contributed by atoms with Crippen LogP contribution >= 0.6 is 11.6 Å². The van der Waals surface area contributed by atoms with Crippen LogP contribution in [0.4, 0.5) is 5.82 Å².